The number of aromatic nitrogens is 2. The minimum absolute atomic E-state index is 0.179. The van der Waals surface area contributed by atoms with Crippen LogP contribution in [0.15, 0.2) is 28.8 Å². The Labute approximate surface area is 112 Å². The molecule has 5 nitrogen and oxygen atoms in total. The lowest BCUT2D eigenvalue weighted by molar-refractivity contribution is 0.0951. The number of carbonyl (C=O) groups is 1. The molecule has 2 heterocycles. The smallest absolute Gasteiger partial charge is 0.269 e. The topological polar surface area (TPSA) is 68.0 Å². The van der Waals surface area contributed by atoms with E-state index in [1.165, 1.54) is 0 Å². The van der Waals surface area contributed by atoms with Crippen molar-refractivity contribution in [3.05, 3.63) is 35.7 Å². The van der Waals surface area contributed by atoms with Gasteiger partial charge in [-0.1, -0.05) is 18.1 Å². The van der Waals surface area contributed by atoms with Crippen LogP contribution in [0, 0.1) is 0 Å². The second-order valence-corrected chi connectivity index (χ2v) is 4.20. The highest BCUT2D eigenvalue weighted by atomic mass is 16.5. The van der Waals surface area contributed by atoms with Crippen LogP contribution >= 0.6 is 0 Å². The minimum Gasteiger partial charge on any atom is -0.361 e. The molecule has 2 aromatic rings. The van der Waals surface area contributed by atoms with Crippen LogP contribution in [0.3, 0.4) is 0 Å². The van der Waals surface area contributed by atoms with Crippen LogP contribution in [0.2, 0.25) is 0 Å². The number of aryl methyl sites for hydroxylation is 1. The van der Waals surface area contributed by atoms with E-state index in [0.717, 1.165) is 18.6 Å². The van der Waals surface area contributed by atoms with Gasteiger partial charge in [-0.05, 0) is 25.5 Å². The maximum Gasteiger partial charge on any atom is 0.269 e. The molecule has 0 aromatic carbocycles. The Kier molecular flexibility index (Phi) is 4.28. The lowest BCUT2D eigenvalue weighted by Gasteiger charge is -2.02. The fourth-order valence-electron chi connectivity index (χ4n) is 1.75. The van der Waals surface area contributed by atoms with Crippen LogP contribution in [-0.4, -0.2) is 22.6 Å². The molecule has 0 aliphatic rings. The van der Waals surface area contributed by atoms with Crippen LogP contribution in [0.25, 0.3) is 11.4 Å². The molecule has 5 heteroatoms. The van der Waals surface area contributed by atoms with Crippen molar-refractivity contribution in [2.45, 2.75) is 26.7 Å². The van der Waals surface area contributed by atoms with E-state index in [4.69, 9.17) is 4.52 Å². The van der Waals surface area contributed by atoms with Gasteiger partial charge in [-0.2, -0.15) is 0 Å². The molecular formula is C14H17N3O2. The van der Waals surface area contributed by atoms with E-state index in [-0.39, 0.29) is 5.91 Å². The van der Waals surface area contributed by atoms with Crippen molar-refractivity contribution in [3.8, 4) is 11.4 Å². The average molecular weight is 259 g/mol. The molecule has 0 spiro atoms. The van der Waals surface area contributed by atoms with E-state index in [1.54, 1.807) is 12.1 Å². The van der Waals surface area contributed by atoms with Crippen molar-refractivity contribution in [2.24, 2.45) is 0 Å². The second kappa shape index (κ2) is 6.13. The number of rotatable bonds is 5. The van der Waals surface area contributed by atoms with Crippen LogP contribution in [0.1, 0.15) is 36.5 Å². The maximum absolute atomic E-state index is 11.7. The zero-order chi connectivity index (χ0) is 13.7. The molecule has 19 heavy (non-hydrogen) atoms. The van der Waals surface area contributed by atoms with Crippen LogP contribution in [0.4, 0.5) is 0 Å². The van der Waals surface area contributed by atoms with Crippen LogP contribution in [0.5, 0.6) is 0 Å². The summed E-state index contributed by atoms with van der Waals surface area (Å²) in [5.74, 6) is 0.657. The summed E-state index contributed by atoms with van der Waals surface area (Å²) in [6, 6.07) is 7.16. The Morgan fingerprint density at radius 3 is 2.89 bits per heavy atom. The van der Waals surface area contributed by atoms with Crippen molar-refractivity contribution >= 4 is 5.91 Å². The first-order valence-electron chi connectivity index (χ1n) is 6.45. The van der Waals surface area contributed by atoms with Gasteiger partial charge >= 0.3 is 0 Å². The van der Waals surface area contributed by atoms with Crippen molar-refractivity contribution < 1.29 is 9.32 Å². The SMILES string of the molecule is CCCc1cc(-c2cccc(C(=O)NCC)n2)no1. The Balaban J connectivity index is 2.24. The molecule has 1 N–H and O–H groups in total. The highest BCUT2D eigenvalue weighted by Crippen LogP contribution is 2.18. The second-order valence-electron chi connectivity index (χ2n) is 4.20. The number of amides is 1. The van der Waals surface area contributed by atoms with Gasteiger partial charge < -0.3 is 9.84 Å². The molecule has 1 amide bonds. The van der Waals surface area contributed by atoms with Gasteiger partial charge in [-0.3, -0.25) is 4.79 Å². The fourth-order valence-corrected chi connectivity index (χ4v) is 1.75. The lowest BCUT2D eigenvalue weighted by atomic mass is 10.2. The third-order valence-electron chi connectivity index (χ3n) is 2.64. The maximum atomic E-state index is 11.7. The van der Waals surface area contributed by atoms with Gasteiger partial charge in [-0.15, -0.1) is 0 Å². The molecular weight excluding hydrogens is 242 g/mol. The molecule has 0 aliphatic heterocycles. The highest BCUT2D eigenvalue weighted by molar-refractivity contribution is 5.92. The third-order valence-corrected chi connectivity index (χ3v) is 2.64. The summed E-state index contributed by atoms with van der Waals surface area (Å²) in [6.45, 7) is 4.53. The molecule has 0 fully saturated rings. The Morgan fingerprint density at radius 1 is 1.32 bits per heavy atom. The van der Waals surface area contributed by atoms with E-state index in [2.05, 4.69) is 22.4 Å². The summed E-state index contributed by atoms with van der Waals surface area (Å²) in [4.78, 5) is 16.0. The van der Waals surface area contributed by atoms with Gasteiger partial charge in [0, 0.05) is 19.0 Å². The predicted octanol–water partition coefficient (Wildman–Crippen LogP) is 2.44. The monoisotopic (exact) mass is 259 g/mol. The number of hydrogen-bond donors (Lipinski definition) is 1. The third kappa shape index (κ3) is 3.19. The van der Waals surface area contributed by atoms with Crippen LogP contribution < -0.4 is 5.32 Å². The summed E-state index contributed by atoms with van der Waals surface area (Å²) in [5, 5.41) is 6.70. The predicted molar refractivity (Wildman–Crippen MR) is 71.7 cm³/mol. The van der Waals surface area contributed by atoms with E-state index in [9.17, 15) is 4.79 Å². The van der Waals surface area contributed by atoms with Gasteiger partial charge in [0.1, 0.15) is 17.1 Å². The molecule has 0 saturated carbocycles. The Hall–Kier alpha value is -2.17. The molecule has 2 rings (SSSR count). The van der Waals surface area contributed by atoms with Crippen molar-refractivity contribution in [1.29, 1.82) is 0 Å². The quantitative estimate of drug-likeness (QED) is 0.895. The number of carbonyl (C=O) groups excluding carboxylic acids is 1. The number of nitrogens with zero attached hydrogens (tertiary/aromatic N) is 2. The van der Waals surface area contributed by atoms with E-state index in [0.29, 0.717) is 23.6 Å². The fraction of sp³-hybridized carbons (Fsp3) is 0.357. The minimum atomic E-state index is -0.179. The zero-order valence-corrected chi connectivity index (χ0v) is 11.1. The Morgan fingerprint density at radius 2 is 2.16 bits per heavy atom. The summed E-state index contributed by atoms with van der Waals surface area (Å²) >= 11 is 0. The molecule has 0 saturated heterocycles. The van der Waals surface area contributed by atoms with Gasteiger partial charge in [0.05, 0.1) is 5.69 Å². The van der Waals surface area contributed by atoms with Gasteiger partial charge in [0.15, 0.2) is 0 Å². The van der Waals surface area contributed by atoms with E-state index < -0.39 is 0 Å². The molecule has 0 bridgehead atoms. The molecule has 0 aliphatic carbocycles. The summed E-state index contributed by atoms with van der Waals surface area (Å²) in [7, 11) is 0. The summed E-state index contributed by atoms with van der Waals surface area (Å²) in [5.41, 5.74) is 1.70. The zero-order valence-electron chi connectivity index (χ0n) is 11.1. The van der Waals surface area contributed by atoms with Gasteiger partial charge in [0.25, 0.3) is 5.91 Å². The normalized spacial score (nSPS) is 10.4. The largest absolute Gasteiger partial charge is 0.361 e. The van der Waals surface area contributed by atoms with E-state index in [1.807, 2.05) is 19.1 Å². The molecule has 0 unspecified atom stereocenters. The Bertz CT molecular complexity index is 563. The standard InChI is InChI=1S/C14H17N3O2/c1-3-6-10-9-13(17-19-10)11-7-5-8-12(16-11)14(18)15-4-2/h5,7-9H,3-4,6H2,1-2H3,(H,15,18). The first-order chi connectivity index (χ1) is 9.24. The van der Waals surface area contributed by atoms with Crippen molar-refractivity contribution in [3.63, 3.8) is 0 Å². The number of nitrogens with one attached hydrogen (secondary N) is 1. The number of hydrogen-bond acceptors (Lipinski definition) is 4. The molecule has 0 atom stereocenters. The van der Waals surface area contributed by atoms with Gasteiger partial charge in [-0.25, -0.2) is 4.98 Å². The van der Waals surface area contributed by atoms with Crippen molar-refractivity contribution in [2.75, 3.05) is 6.54 Å². The molecule has 0 radical (unpaired) electrons. The first kappa shape index (κ1) is 13.3. The number of pyridine rings is 1. The molecule has 100 valence electrons. The first-order valence-corrected chi connectivity index (χ1v) is 6.45. The average Bonchev–Trinajstić information content (AvgIpc) is 2.88. The van der Waals surface area contributed by atoms with Crippen molar-refractivity contribution in [1.82, 2.24) is 15.5 Å². The highest BCUT2D eigenvalue weighted by Gasteiger charge is 2.11. The lowest BCUT2D eigenvalue weighted by Crippen LogP contribution is -2.23. The molecule has 2 aromatic heterocycles. The van der Waals surface area contributed by atoms with Crippen LogP contribution in [-0.2, 0) is 6.42 Å². The summed E-state index contributed by atoms with van der Waals surface area (Å²) in [6.07, 6.45) is 1.85. The van der Waals surface area contributed by atoms with Gasteiger partial charge in [0.2, 0.25) is 0 Å². The van der Waals surface area contributed by atoms with E-state index >= 15 is 0 Å². The summed E-state index contributed by atoms with van der Waals surface area (Å²) < 4.78 is 5.22.